The average molecular weight is 176 g/mol. The highest BCUT2D eigenvalue weighted by Gasteiger charge is 2.20. The first kappa shape index (κ1) is 8.30. The Bertz CT molecular complexity index is 282. The van der Waals surface area contributed by atoms with E-state index in [1.54, 1.807) is 0 Å². The lowest BCUT2D eigenvalue weighted by molar-refractivity contribution is -0.147. The van der Waals surface area contributed by atoms with Gasteiger partial charge in [0.05, 0.1) is 6.61 Å². The van der Waals surface area contributed by atoms with Crippen molar-refractivity contribution in [3.8, 4) is 0 Å². The molecule has 0 bridgehead atoms. The average Bonchev–Trinajstić information content (AvgIpc) is 2.20. The number of carbonyl (C=O) groups excluding carboxylic acids is 1. The van der Waals surface area contributed by atoms with Gasteiger partial charge in [0.15, 0.2) is 0 Å². The SMILES string of the molecule is O=C1CCC(c2ccccc2)CO1. The molecule has 1 unspecified atom stereocenters. The highest BCUT2D eigenvalue weighted by molar-refractivity contribution is 5.70. The molecular formula is C11H12O2. The van der Waals surface area contributed by atoms with Gasteiger partial charge < -0.3 is 4.74 Å². The molecule has 1 fully saturated rings. The summed E-state index contributed by atoms with van der Waals surface area (Å²) in [6.45, 7) is 0.544. The Hall–Kier alpha value is -1.31. The molecule has 0 amide bonds. The second kappa shape index (κ2) is 3.60. The highest BCUT2D eigenvalue weighted by atomic mass is 16.5. The van der Waals surface area contributed by atoms with Crippen LogP contribution in [-0.2, 0) is 9.53 Å². The maximum Gasteiger partial charge on any atom is 0.305 e. The van der Waals surface area contributed by atoms with E-state index < -0.39 is 0 Å². The quantitative estimate of drug-likeness (QED) is 0.612. The first-order valence-corrected chi connectivity index (χ1v) is 4.57. The van der Waals surface area contributed by atoms with Gasteiger partial charge in [0.2, 0.25) is 0 Å². The minimum Gasteiger partial charge on any atom is -0.465 e. The molecule has 0 aromatic heterocycles. The molecule has 2 rings (SSSR count). The molecule has 68 valence electrons. The third kappa shape index (κ3) is 1.89. The Morgan fingerprint density at radius 3 is 2.62 bits per heavy atom. The van der Waals surface area contributed by atoms with E-state index in [-0.39, 0.29) is 5.97 Å². The van der Waals surface area contributed by atoms with Crippen molar-refractivity contribution in [2.75, 3.05) is 6.61 Å². The smallest absolute Gasteiger partial charge is 0.305 e. The molecule has 0 aliphatic carbocycles. The lowest BCUT2D eigenvalue weighted by Crippen LogP contribution is -2.19. The van der Waals surface area contributed by atoms with Gasteiger partial charge in [0, 0.05) is 12.3 Å². The normalized spacial score (nSPS) is 22.5. The van der Waals surface area contributed by atoms with Gasteiger partial charge in [-0.25, -0.2) is 0 Å². The minimum atomic E-state index is -0.0628. The maximum absolute atomic E-state index is 10.8. The van der Waals surface area contributed by atoms with Gasteiger partial charge in [-0.15, -0.1) is 0 Å². The van der Waals surface area contributed by atoms with Gasteiger partial charge in [-0.2, -0.15) is 0 Å². The molecule has 2 heteroatoms. The summed E-state index contributed by atoms with van der Waals surface area (Å²) < 4.78 is 5.01. The molecule has 1 aromatic carbocycles. The van der Waals surface area contributed by atoms with Gasteiger partial charge in [0.25, 0.3) is 0 Å². The number of rotatable bonds is 1. The number of ether oxygens (including phenoxy) is 1. The van der Waals surface area contributed by atoms with Crippen molar-refractivity contribution in [1.29, 1.82) is 0 Å². The molecule has 1 aromatic rings. The monoisotopic (exact) mass is 176 g/mol. The zero-order valence-electron chi connectivity index (χ0n) is 7.40. The third-order valence-corrected chi connectivity index (χ3v) is 2.41. The zero-order valence-corrected chi connectivity index (χ0v) is 7.40. The molecule has 1 aliphatic rings. The fourth-order valence-corrected chi connectivity index (χ4v) is 1.63. The van der Waals surface area contributed by atoms with E-state index >= 15 is 0 Å². The Morgan fingerprint density at radius 2 is 2.00 bits per heavy atom. The molecule has 0 spiro atoms. The first-order valence-electron chi connectivity index (χ1n) is 4.57. The summed E-state index contributed by atoms with van der Waals surface area (Å²) in [6, 6.07) is 10.2. The van der Waals surface area contributed by atoms with Gasteiger partial charge in [-0.05, 0) is 12.0 Å². The third-order valence-electron chi connectivity index (χ3n) is 2.41. The predicted octanol–water partition coefficient (Wildman–Crippen LogP) is 2.11. The van der Waals surface area contributed by atoms with Crippen LogP contribution in [0.1, 0.15) is 24.3 Å². The van der Waals surface area contributed by atoms with Crippen molar-refractivity contribution in [1.82, 2.24) is 0 Å². The number of benzene rings is 1. The molecule has 1 aliphatic heterocycles. The summed E-state index contributed by atoms with van der Waals surface area (Å²) in [5.74, 6) is 0.339. The van der Waals surface area contributed by atoms with Crippen LogP contribution in [0.25, 0.3) is 0 Å². The summed E-state index contributed by atoms with van der Waals surface area (Å²) in [5.41, 5.74) is 1.27. The molecule has 13 heavy (non-hydrogen) atoms. The summed E-state index contributed by atoms with van der Waals surface area (Å²) in [7, 11) is 0. The molecule has 1 saturated heterocycles. The maximum atomic E-state index is 10.8. The van der Waals surface area contributed by atoms with Gasteiger partial charge >= 0.3 is 5.97 Å². The van der Waals surface area contributed by atoms with Crippen molar-refractivity contribution in [2.45, 2.75) is 18.8 Å². The number of hydrogen-bond acceptors (Lipinski definition) is 2. The van der Waals surface area contributed by atoms with Crippen LogP contribution in [-0.4, -0.2) is 12.6 Å². The van der Waals surface area contributed by atoms with Crippen LogP contribution in [0.2, 0.25) is 0 Å². The fourth-order valence-electron chi connectivity index (χ4n) is 1.63. The van der Waals surface area contributed by atoms with Crippen LogP contribution in [0.15, 0.2) is 30.3 Å². The molecule has 0 saturated carbocycles. The second-order valence-corrected chi connectivity index (χ2v) is 3.33. The van der Waals surface area contributed by atoms with Crippen LogP contribution in [0, 0.1) is 0 Å². The molecule has 2 nitrogen and oxygen atoms in total. The summed E-state index contributed by atoms with van der Waals surface area (Å²) >= 11 is 0. The van der Waals surface area contributed by atoms with Crippen LogP contribution in [0.5, 0.6) is 0 Å². The summed E-state index contributed by atoms with van der Waals surface area (Å²) in [6.07, 6.45) is 1.47. The summed E-state index contributed by atoms with van der Waals surface area (Å²) in [5, 5.41) is 0. The van der Waals surface area contributed by atoms with E-state index in [2.05, 4.69) is 12.1 Å². The standard InChI is InChI=1S/C11H12O2/c12-11-7-6-10(8-13-11)9-4-2-1-3-5-9/h1-5,10H,6-8H2. The Balaban J connectivity index is 2.07. The summed E-state index contributed by atoms with van der Waals surface area (Å²) in [4.78, 5) is 10.8. The van der Waals surface area contributed by atoms with Crippen LogP contribution < -0.4 is 0 Å². The minimum absolute atomic E-state index is 0.0628. The van der Waals surface area contributed by atoms with Crippen molar-refractivity contribution in [3.05, 3.63) is 35.9 Å². The van der Waals surface area contributed by atoms with Crippen LogP contribution in [0.3, 0.4) is 0 Å². The van der Waals surface area contributed by atoms with E-state index in [0.717, 1.165) is 6.42 Å². The Kier molecular flexibility index (Phi) is 2.30. The predicted molar refractivity (Wildman–Crippen MR) is 49.4 cm³/mol. The topological polar surface area (TPSA) is 26.3 Å². The van der Waals surface area contributed by atoms with E-state index in [4.69, 9.17) is 4.74 Å². The van der Waals surface area contributed by atoms with E-state index in [9.17, 15) is 4.79 Å². The van der Waals surface area contributed by atoms with E-state index in [1.165, 1.54) is 5.56 Å². The lowest BCUT2D eigenvalue weighted by Gasteiger charge is -2.21. The number of esters is 1. The highest BCUT2D eigenvalue weighted by Crippen LogP contribution is 2.25. The van der Waals surface area contributed by atoms with Crippen LogP contribution >= 0.6 is 0 Å². The number of carbonyl (C=O) groups is 1. The number of hydrogen-bond donors (Lipinski definition) is 0. The Morgan fingerprint density at radius 1 is 1.23 bits per heavy atom. The van der Waals surface area contributed by atoms with Crippen molar-refractivity contribution < 1.29 is 9.53 Å². The number of cyclic esters (lactones) is 1. The van der Waals surface area contributed by atoms with E-state index in [1.807, 2.05) is 18.2 Å². The van der Waals surface area contributed by atoms with Crippen molar-refractivity contribution in [3.63, 3.8) is 0 Å². The Labute approximate surface area is 77.5 Å². The molecular weight excluding hydrogens is 164 g/mol. The molecule has 1 atom stereocenters. The van der Waals surface area contributed by atoms with Gasteiger partial charge in [0.1, 0.15) is 0 Å². The molecule has 0 N–H and O–H groups in total. The van der Waals surface area contributed by atoms with Crippen molar-refractivity contribution in [2.24, 2.45) is 0 Å². The van der Waals surface area contributed by atoms with Gasteiger partial charge in [-0.3, -0.25) is 4.79 Å². The zero-order chi connectivity index (χ0) is 9.10. The molecule has 0 radical (unpaired) electrons. The second-order valence-electron chi connectivity index (χ2n) is 3.33. The first-order chi connectivity index (χ1) is 6.36. The van der Waals surface area contributed by atoms with Gasteiger partial charge in [-0.1, -0.05) is 30.3 Å². The largest absolute Gasteiger partial charge is 0.465 e. The van der Waals surface area contributed by atoms with Crippen LogP contribution in [0.4, 0.5) is 0 Å². The molecule has 1 heterocycles. The fraction of sp³-hybridized carbons (Fsp3) is 0.364. The van der Waals surface area contributed by atoms with E-state index in [0.29, 0.717) is 18.9 Å². The van der Waals surface area contributed by atoms with Crippen molar-refractivity contribution >= 4 is 5.97 Å². The lowest BCUT2D eigenvalue weighted by atomic mass is 9.94.